The van der Waals surface area contributed by atoms with Crippen LogP contribution in [0, 0.1) is 11.8 Å². The topological polar surface area (TPSA) is 156 Å². The third kappa shape index (κ3) is 4.72. The van der Waals surface area contributed by atoms with Gasteiger partial charge in [0.1, 0.15) is 5.70 Å². The molecule has 0 aliphatic carbocycles. The van der Waals surface area contributed by atoms with E-state index in [2.05, 4.69) is 10.0 Å². The van der Waals surface area contributed by atoms with E-state index in [1.54, 1.807) is 11.8 Å². The van der Waals surface area contributed by atoms with E-state index in [0.29, 0.717) is 43.8 Å². The van der Waals surface area contributed by atoms with Gasteiger partial charge in [0.15, 0.2) is 0 Å². The van der Waals surface area contributed by atoms with Crippen LogP contribution in [0.15, 0.2) is 10.6 Å². The number of piperidine rings is 1. The van der Waals surface area contributed by atoms with E-state index in [1.807, 2.05) is 6.92 Å². The summed E-state index contributed by atoms with van der Waals surface area (Å²) in [4.78, 5) is 41.5. The van der Waals surface area contributed by atoms with Crippen molar-refractivity contribution in [2.45, 2.75) is 62.6 Å². The summed E-state index contributed by atoms with van der Waals surface area (Å²) in [5.41, 5.74) is -0.0323. The lowest BCUT2D eigenvalue weighted by Crippen LogP contribution is -2.66. The zero-order valence-corrected chi connectivity index (χ0v) is 21.1. The Morgan fingerprint density at radius 1 is 1.26 bits per heavy atom. The van der Waals surface area contributed by atoms with Gasteiger partial charge in [-0.25, -0.2) is 17.9 Å². The Morgan fingerprint density at radius 2 is 1.91 bits per heavy atom. The standard InChI is InChI=1S/C21H32N4O7S2/c1-10-16-15(11(2)23-34(3,31)32)20(28)25(16)17(21(29)30)18(10)33-13-8-14(22-9-13)19(27)24-6-4-12(26)5-7-24/h10-16,22-23,26H,4-9H2,1-3H3,(H,29,30)/t10-,11?,13+,14+,15-,16-/m1/s1. The predicted octanol–water partition coefficient (Wildman–Crippen LogP) is -0.856. The lowest BCUT2D eigenvalue weighted by atomic mass is 9.78. The first kappa shape index (κ1) is 25.4. The molecule has 0 spiro atoms. The van der Waals surface area contributed by atoms with Crippen LogP contribution in [0.2, 0.25) is 0 Å². The summed E-state index contributed by atoms with van der Waals surface area (Å²) in [6.45, 7) is 5.08. The number of likely N-dealkylation sites (tertiary alicyclic amines) is 1. The predicted molar refractivity (Wildman–Crippen MR) is 125 cm³/mol. The third-order valence-corrected chi connectivity index (χ3v) is 9.50. The van der Waals surface area contributed by atoms with Crippen LogP contribution in [-0.2, 0) is 24.4 Å². The van der Waals surface area contributed by atoms with Crippen LogP contribution >= 0.6 is 11.8 Å². The minimum atomic E-state index is -3.52. The molecule has 13 heteroatoms. The maximum absolute atomic E-state index is 12.9. The fourth-order valence-electron chi connectivity index (χ4n) is 5.57. The Kier molecular flexibility index (Phi) is 7.04. The molecule has 0 bridgehead atoms. The van der Waals surface area contributed by atoms with Gasteiger partial charge in [0.2, 0.25) is 21.8 Å². The van der Waals surface area contributed by atoms with Crippen molar-refractivity contribution in [1.29, 1.82) is 0 Å². The Bertz CT molecular complexity index is 1010. The van der Waals surface area contributed by atoms with Crippen LogP contribution in [0.4, 0.5) is 0 Å². The highest BCUT2D eigenvalue weighted by atomic mass is 32.2. The van der Waals surface area contributed by atoms with Gasteiger partial charge in [-0.1, -0.05) is 6.92 Å². The molecule has 3 fully saturated rings. The van der Waals surface area contributed by atoms with E-state index in [9.17, 15) is 33.0 Å². The number of nitrogens with one attached hydrogen (secondary N) is 2. The van der Waals surface area contributed by atoms with Crippen LogP contribution in [0.5, 0.6) is 0 Å². The molecule has 4 aliphatic heterocycles. The second-order valence-electron chi connectivity index (χ2n) is 9.70. The highest BCUT2D eigenvalue weighted by molar-refractivity contribution is 8.03. The molecule has 1 unspecified atom stereocenters. The van der Waals surface area contributed by atoms with E-state index in [0.717, 1.165) is 6.26 Å². The van der Waals surface area contributed by atoms with Crippen molar-refractivity contribution in [1.82, 2.24) is 19.8 Å². The summed E-state index contributed by atoms with van der Waals surface area (Å²) in [5, 5.41) is 22.8. The average molecular weight is 517 g/mol. The monoisotopic (exact) mass is 516 g/mol. The zero-order valence-electron chi connectivity index (χ0n) is 19.4. The summed E-state index contributed by atoms with van der Waals surface area (Å²) >= 11 is 1.40. The van der Waals surface area contributed by atoms with Gasteiger partial charge in [-0.2, -0.15) is 0 Å². The number of carbonyl (C=O) groups is 3. The van der Waals surface area contributed by atoms with Crippen molar-refractivity contribution in [3.63, 3.8) is 0 Å². The number of carbonyl (C=O) groups excluding carboxylic acids is 2. The number of sulfonamides is 1. The van der Waals surface area contributed by atoms with Crippen molar-refractivity contribution >= 4 is 39.6 Å². The number of hydrogen-bond donors (Lipinski definition) is 4. The van der Waals surface area contributed by atoms with Crippen LogP contribution in [0.25, 0.3) is 0 Å². The summed E-state index contributed by atoms with van der Waals surface area (Å²) in [6.07, 6.45) is 2.35. The first-order valence-electron chi connectivity index (χ1n) is 11.5. The number of aliphatic hydroxyl groups is 1. The number of β-lactam (4-membered cyclic amide) rings is 1. The van der Waals surface area contributed by atoms with Crippen LogP contribution in [-0.4, -0.2) is 102 Å². The van der Waals surface area contributed by atoms with Gasteiger partial charge in [-0.3, -0.25) is 9.59 Å². The van der Waals surface area contributed by atoms with Crippen LogP contribution < -0.4 is 10.0 Å². The lowest BCUT2D eigenvalue weighted by Gasteiger charge is -2.47. The van der Waals surface area contributed by atoms with Gasteiger partial charge in [0.25, 0.3) is 0 Å². The number of aliphatic carboxylic acids is 1. The number of carboxylic acids is 1. The molecule has 4 aliphatic rings. The van der Waals surface area contributed by atoms with Crippen molar-refractivity contribution < 1.29 is 33.0 Å². The molecule has 0 aromatic rings. The third-order valence-electron chi connectivity index (χ3n) is 7.19. The number of rotatable bonds is 7. The van der Waals surface area contributed by atoms with E-state index in [1.165, 1.54) is 16.7 Å². The normalized spacial score (nSPS) is 33.2. The molecule has 0 saturated carbocycles. The fraction of sp³-hybridized carbons (Fsp3) is 0.762. The SMILES string of the molecule is CC(NS(C)(=O)=O)[C@H]1C(=O)N2C(C(=O)O)=C(S[C@@H]3CN[C@H](C(=O)N4CCC(O)CC4)C3)[C@H](C)[C@H]12. The van der Waals surface area contributed by atoms with Gasteiger partial charge in [0, 0.05) is 41.7 Å². The number of hydrogen-bond acceptors (Lipinski definition) is 8. The van der Waals surface area contributed by atoms with Gasteiger partial charge >= 0.3 is 5.97 Å². The first-order valence-corrected chi connectivity index (χ1v) is 14.3. The van der Waals surface area contributed by atoms with E-state index in [-0.39, 0.29) is 34.9 Å². The van der Waals surface area contributed by atoms with Gasteiger partial charge in [0.05, 0.1) is 30.4 Å². The molecule has 0 aromatic heterocycles. The highest BCUT2D eigenvalue weighted by Gasteiger charge is 2.60. The quantitative estimate of drug-likeness (QED) is 0.316. The second-order valence-corrected chi connectivity index (χ2v) is 12.8. The largest absolute Gasteiger partial charge is 0.477 e. The zero-order chi connectivity index (χ0) is 24.9. The second kappa shape index (κ2) is 9.41. The van der Waals surface area contributed by atoms with Crippen LogP contribution in [0.3, 0.4) is 0 Å². The Morgan fingerprint density at radius 3 is 2.50 bits per heavy atom. The van der Waals surface area contributed by atoms with Crippen molar-refractivity contribution in [2.24, 2.45) is 11.8 Å². The molecule has 0 radical (unpaired) electrons. The number of carboxylic acid groups (broad SMARTS) is 1. The van der Waals surface area contributed by atoms with E-state index < -0.39 is 39.9 Å². The highest BCUT2D eigenvalue weighted by Crippen LogP contribution is 2.51. The summed E-state index contributed by atoms with van der Waals surface area (Å²) < 4.78 is 25.8. The summed E-state index contributed by atoms with van der Waals surface area (Å²) in [5.74, 6) is -2.47. The maximum Gasteiger partial charge on any atom is 0.353 e. The minimum Gasteiger partial charge on any atom is -0.477 e. The minimum absolute atomic E-state index is 0.00152. The molecule has 4 rings (SSSR count). The molecule has 0 aromatic carbocycles. The average Bonchev–Trinajstić information content (AvgIpc) is 3.29. The number of aliphatic hydroxyl groups excluding tert-OH is 1. The smallest absolute Gasteiger partial charge is 0.353 e. The van der Waals surface area contributed by atoms with Crippen molar-refractivity contribution in [3.8, 4) is 0 Å². The molecule has 4 N–H and O–H groups in total. The van der Waals surface area contributed by atoms with Crippen LogP contribution in [0.1, 0.15) is 33.1 Å². The molecule has 11 nitrogen and oxygen atoms in total. The molecule has 2 amide bonds. The molecule has 3 saturated heterocycles. The Labute approximate surface area is 203 Å². The number of nitrogens with zero attached hydrogens (tertiary/aromatic N) is 2. The molecule has 190 valence electrons. The summed E-state index contributed by atoms with van der Waals surface area (Å²) in [7, 11) is -3.52. The number of fused-ring (bicyclic) bond motifs is 1. The van der Waals surface area contributed by atoms with E-state index >= 15 is 0 Å². The molecule has 6 atom stereocenters. The molecule has 34 heavy (non-hydrogen) atoms. The number of amides is 2. The van der Waals surface area contributed by atoms with Crippen molar-refractivity contribution in [3.05, 3.63) is 10.6 Å². The molecular weight excluding hydrogens is 484 g/mol. The Balaban J connectivity index is 1.44. The van der Waals surface area contributed by atoms with Gasteiger partial charge < -0.3 is 25.3 Å². The first-order chi connectivity index (χ1) is 15.9. The molecular formula is C21H32N4O7S2. The fourth-order valence-corrected chi connectivity index (χ4v) is 7.88. The lowest BCUT2D eigenvalue weighted by molar-refractivity contribution is -0.157. The Hall–Kier alpha value is -1.67. The number of thioether (sulfide) groups is 1. The summed E-state index contributed by atoms with van der Waals surface area (Å²) in [6, 6.07) is -1.43. The van der Waals surface area contributed by atoms with E-state index in [4.69, 9.17) is 0 Å². The molecule has 4 heterocycles. The van der Waals surface area contributed by atoms with Gasteiger partial charge in [-0.05, 0) is 26.2 Å². The maximum atomic E-state index is 12.9. The van der Waals surface area contributed by atoms with Crippen molar-refractivity contribution in [2.75, 3.05) is 25.9 Å². The van der Waals surface area contributed by atoms with Gasteiger partial charge in [-0.15, -0.1) is 11.8 Å².